The molecule has 29 heteroatoms. The molecule has 3 saturated heterocycles. The number of carbonyl (C=O) groups excluding carboxylic acids is 7. The van der Waals surface area contributed by atoms with Gasteiger partial charge >= 0.3 is 41.8 Å². The topological polar surface area (TPSA) is 360 Å². The van der Waals surface area contributed by atoms with Gasteiger partial charge in [-0.1, -0.05) is 147 Å². The molecular formula is C117H180ClNO27. The highest BCUT2D eigenvalue weighted by Crippen LogP contribution is 2.29. The number of phenols is 2. The maximum Gasteiger partial charge on any atom is 0.343 e. The Balaban J connectivity index is 0.00000165. The molecule has 7 aromatic carbocycles. The van der Waals surface area contributed by atoms with Crippen LogP contribution in [-0.4, -0.2) is 188 Å². The molecule has 5 N–H and O–H groups in total. The molecule has 5 atom stereocenters. The molecule has 3 fully saturated rings. The van der Waals surface area contributed by atoms with Crippen molar-refractivity contribution in [1.82, 2.24) is 4.84 Å². The number of halogens is 1. The second kappa shape index (κ2) is 80.4. The predicted octanol–water partition coefficient (Wildman–Crippen LogP) is 26.0. The van der Waals surface area contributed by atoms with Crippen molar-refractivity contribution < 1.29 is 130 Å². The van der Waals surface area contributed by atoms with E-state index in [2.05, 4.69) is 51.1 Å². The first-order valence-electron chi connectivity index (χ1n) is 51.8. The van der Waals surface area contributed by atoms with Crippen molar-refractivity contribution in [3.8, 4) is 57.5 Å². The third-order valence-corrected chi connectivity index (χ3v) is 20.6. The zero-order chi connectivity index (χ0) is 110. The lowest BCUT2D eigenvalue weighted by Crippen LogP contribution is -2.25. The van der Waals surface area contributed by atoms with Crippen molar-refractivity contribution in [3.63, 3.8) is 0 Å². The first-order valence-corrected chi connectivity index (χ1v) is 52.2. The highest BCUT2D eigenvalue weighted by molar-refractivity contribution is 6.13. The summed E-state index contributed by atoms with van der Waals surface area (Å²) >= 11 is 5.46. The van der Waals surface area contributed by atoms with E-state index in [1.165, 1.54) is 57.6 Å². The van der Waals surface area contributed by atoms with E-state index in [-0.39, 0.29) is 78.6 Å². The quantitative estimate of drug-likeness (QED) is 0.0103. The Bertz CT molecular complexity index is 4470. The van der Waals surface area contributed by atoms with Crippen LogP contribution in [0.4, 0.5) is 0 Å². The Kier molecular flexibility index (Phi) is 74.5. The van der Waals surface area contributed by atoms with Gasteiger partial charge in [0.25, 0.3) is 0 Å². The number of aromatic hydroxyl groups is 2. The fourth-order valence-corrected chi connectivity index (χ4v) is 12.6. The molecule has 7 aromatic rings. The van der Waals surface area contributed by atoms with Crippen molar-refractivity contribution in [2.45, 2.75) is 354 Å². The molecule has 0 amide bonds. The molecule has 0 unspecified atom stereocenters. The average Bonchev–Trinajstić information content (AvgIpc) is 1.63. The van der Waals surface area contributed by atoms with Gasteiger partial charge in [0.1, 0.15) is 86.0 Å². The van der Waals surface area contributed by atoms with Gasteiger partial charge in [0.05, 0.1) is 55.4 Å². The Morgan fingerprint density at radius 1 is 0.356 bits per heavy atom. The van der Waals surface area contributed by atoms with E-state index in [0.29, 0.717) is 110 Å². The minimum Gasteiger partial charge on any atom is -0.508 e. The van der Waals surface area contributed by atoms with E-state index >= 15 is 0 Å². The molecule has 0 radical (unpaired) electrons. The number of hydrogen-bond acceptors (Lipinski definition) is 28. The second-order valence-electron chi connectivity index (χ2n) is 39.1. The van der Waals surface area contributed by atoms with Crippen molar-refractivity contribution >= 4 is 53.6 Å². The van der Waals surface area contributed by atoms with E-state index in [1.807, 2.05) is 171 Å². The highest BCUT2D eigenvalue weighted by atomic mass is 35.5. The van der Waals surface area contributed by atoms with Gasteiger partial charge in [0.2, 0.25) is 0 Å². The van der Waals surface area contributed by atoms with Crippen molar-refractivity contribution in [3.05, 3.63) is 193 Å². The van der Waals surface area contributed by atoms with Crippen LogP contribution in [0.1, 0.15) is 322 Å². The number of carbonyl (C=O) groups is 7. The van der Waals surface area contributed by atoms with Crippen molar-refractivity contribution in [2.24, 2.45) is 17.8 Å². The Hall–Kier alpha value is -10.7. The van der Waals surface area contributed by atoms with Crippen LogP contribution in [0.2, 0.25) is 0 Å². The van der Waals surface area contributed by atoms with E-state index in [9.17, 15) is 43.8 Å². The summed E-state index contributed by atoms with van der Waals surface area (Å²) in [5, 5.41) is 35.9. The summed E-state index contributed by atoms with van der Waals surface area (Å²) in [5.41, 5.74) is -0.845. The van der Waals surface area contributed by atoms with Gasteiger partial charge in [-0.3, -0.25) is 24.0 Å². The Labute approximate surface area is 878 Å². The lowest BCUT2D eigenvalue weighted by Gasteiger charge is -2.20. The number of hydrogen-bond donors (Lipinski definition) is 5. The van der Waals surface area contributed by atoms with E-state index in [1.54, 1.807) is 123 Å². The first-order chi connectivity index (χ1) is 69.1. The molecule has 146 heavy (non-hydrogen) atoms. The van der Waals surface area contributed by atoms with Gasteiger partial charge in [0, 0.05) is 116 Å². The minimum atomic E-state index is -0.488. The fraction of sp³-hybridized carbons (Fsp3) is 0.581. The van der Waals surface area contributed by atoms with E-state index < -0.39 is 40.4 Å². The summed E-state index contributed by atoms with van der Waals surface area (Å²) in [7, 11) is 0. The van der Waals surface area contributed by atoms with Crippen LogP contribution < -0.4 is 42.7 Å². The molecule has 0 spiro atoms. The molecule has 0 saturated carbocycles. The van der Waals surface area contributed by atoms with Gasteiger partial charge in [-0.2, -0.15) is 0 Å². The van der Waals surface area contributed by atoms with Gasteiger partial charge in [-0.25, -0.2) is 14.4 Å². The van der Waals surface area contributed by atoms with Gasteiger partial charge in [-0.05, 0) is 303 Å². The molecule has 822 valence electrons. The molecule has 0 aliphatic carbocycles. The van der Waals surface area contributed by atoms with Crippen LogP contribution in [0.15, 0.2) is 182 Å². The number of aliphatic hydroxyl groups excluding tert-OH is 2. The first kappa shape index (κ1) is 135. The summed E-state index contributed by atoms with van der Waals surface area (Å²) in [6.45, 7) is 56.5. The SMILES string of the molecule is C1CCOC1.C1CCOC1.C1CCOC1.CCC(CC)CO.CCC(CC)COc1cccc(O[C@H](C)CCC(=O)OC(C)(C)C)c1.CCC(CC)COc1cccc(O[C@H](C)CNCl)c1.CCOC(C)=O.C[C@H](CCC(=O)OC(C)(C)C)Oc1cccc(O)c1.C[C@H](CCC(=O)OC(C)(C)C)Oc1cccc(OC(=O)c2ccccc2)c1.C[C@H](O)CCC(=O)OC(C)(C)C.O=C(Oc1cccc(O)c1)c1ccccc1. The molecule has 28 nitrogen and oxygen atoms in total. The molecule has 0 aromatic heterocycles. The lowest BCUT2D eigenvalue weighted by molar-refractivity contribution is -0.156. The average molecular weight is 2070 g/mol. The third kappa shape index (κ3) is 78.6. The zero-order valence-electron chi connectivity index (χ0n) is 92.4. The normalized spacial score (nSPS) is 13.2. The number of esters is 7. The number of benzene rings is 7. The van der Waals surface area contributed by atoms with Crippen LogP contribution in [0.25, 0.3) is 0 Å². The second-order valence-corrected chi connectivity index (χ2v) is 39.3. The number of rotatable bonds is 40. The number of aliphatic hydroxyl groups is 2. The van der Waals surface area contributed by atoms with Crippen LogP contribution in [-0.2, 0) is 61.9 Å². The molecule has 3 aliphatic heterocycles. The van der Waals surface area contributed by atoms with Crippen molar-refractivity contribution in [2.75, 3.05) is 72.6 Å². The van der Waals surface area contributed by atoms with Crippen LogP contribution >= 0.6 is 11.8 Å². The molecular weight excluding hydrogens is 1890 g/mol. The monoisotopic (exact) mass is 2070 g/mol. The highest BCUT2D eigenvalue weighted by Gasteiger charge is 2.23. The summed E-state index contributed by atoms with van der Waals surface area (Å²) in [6.07, 6.45) is 17.0. The Morgan fingerprint density at radius 3 is 0.870 bits per heavy atom. The predicted molar refractivity (Wildman–Crippen MR) is 577 cm³/mol. The van der Waals surface area contributed by atoms with Gasteiger partial charge < -0.3 is 96.2 Å². The van der Waals surface area contributed by atoms with Gasteiger partial charge in [0.15, 0.2) is 0 Å². The molecule has 10 rings (SSSR count). The minimum absolute atomic E-state index is 0.0202. The fourth-order valence-electron chi connectivity index (χ4n) is 12.3. The lowest BCUT2D eigenvalue weighted by atomic mass is 10.1. The molecule has 0 bridgehead atoms. The summed E-state index contributed by atoms with van der Waals surface area (Å²) in [6, 6.07) is 52.6. The smallest absolute Gasteiger partial charge is 0.343 e. The van der Waals surface area contributed by atoms with Crippen molar-refractivity contribution in [1.29, 1.82) is 0 Å². The third-order valence-electron chi connectivity index (χ3n) is 20.4. The summed E-state index contributed by atoms with van der Waals surface area (Å²) in [4.78, 5) is 82.3. The molecule has 3 aliphatic rings. The standard InChI is InChI=1S/C22H26O5.C21H34O4.C15H24ClNO2.C15H22O4.C13H10O3.C9H18O3.C6H14O.C4H8O2.3C4H8O/c1-16(13-14-20(23)27-22(2,3)4)25-18-11-8-12-19(15-18)26-21(24)17-9-6-5-7-10-17;1-7-17(8-2)15-23-18-10-9-11-19(14-18)24-16(3)12-13-20(22)25-21(4,5)6;1-4-13(5-2)11-18-14-7-6-8-15(9-14)19-12(3)10-17-16;1-11(8-9-14(17)19-15(2,3)4)18-13-7-5-6-12(16)10-13;14-11-7-4-8-12(9-11)16-13(15)10-5-2-1-3-6-10;1-7(10)5-6-8(11)12-9(2,3)4;1-3-6(4-2)5-7;1-3-6-4(2)5;3*1-2-4-5-3-1/h5-12,15-16H,13-14H2,1-4H3;9-11,14,16-17H,7-8,12-13,15H2,1-6H3;6-9,12-13,17H,4-5,10-11H2,1-3H3;5-7,10-11,16H,8-9H2,1-4H3;1-9,14H;7,10H,5-6H2,1-4H3;6-7H,3-5H2,1-2H3;3H2,1-2H3;3*1-4H2/t2*16-;12-;11-;;7-;;;;;/m1111.0...../s1. The Morgan fingerprint density at radius 2 is 0.623 bits per heavy atom. The zero-order valence-corrected chi connectivity index (χ0v) is 93.2. The maximum atomic E-state index is 12.1. The largest absolute Gasteiger partial charge is 0.508 e. The maximum absolute atomic E-state index is 12.1. The van der Waals surface area contributed by atoms with Crippen LogP contribution in [0, 0.1) is 17.8 Å². The van der Waals surface area contributed by atoms with Gasteiger partial charge in [-0.15, -0.1) is 0 Å². The van der Waals surface area contributed by atoms with E-state index in [4.69, 9.17) is 93.0 Å². The van der Waals surface area contributed by atoms with E-state index in [0.717, 1.165) is 114 Å². The van der Waals surface area contributed by atoms with Crippen LogP contribution in [0.3, 0.4) is 0 Å². The number of ether oxygens (including phenoxy) is 16. The van der Waals surface area contributed by atoms with Crippen LogP contribution in [0.5, 0.6) is 57.5 Å². The number of phenolic OH excluding ortho intramolecular Hbond substituents is 2. The summed E-state index contributed by atoms with van der Waals surface area (Å²) in [5.74, 6) is 5.14. The molecule has 3 heterocycles. The number of nitrogens with one attached hydrogen (secondary N) is 1. The summed E-state index contributed by atoms with van der Waals surface area (Å²) < 4.78 is 85.3.